The fourth-order valence-corrected chi connectivity index (χ4v) is 2.72. The summed E-state index contributed by atoms with van der Waals surface area (Å²) in [7, 11) is 0. The van der Waals surface area contributed by atoms with Crippen LogP contribution in [0, 0.1) is 20.8 Å². The van der Waals surface area contributed by atoms with Gasteiger partial charge in [0.1, 0.15) is 6.67 Å². The lowest BCUT2D eigenvalue weighted by Gasteiger charge is -2.05. The number of hydrogen-bond donors (Lipinski definition) is 1. The standard InChI is InChI=1S/C16H20ClN7O/c1-5-23-11(3)14(8-18-23)19-16(25)13-6-7-22(21-13)9-24-12(4)15(17)10(2)20-24/h6-8H,5,9H2,1-4H3,(H,19,25). The predicted molar refractivity (Wildman–Crippen MR) is 94.9 cm³/mol. The number of amides is 1. The van der Waals surface area contributed by atoms with Crippen LogP contribution in [-0.4, -0.2) is 35.2 Å². The van der Waals surface area contributed by atoms with E-state index in [1.165, 1.54) is 0 Å². The Kier molecular flexibility index (Phi) is 4.63. The molecule has 0 aliphatic heterocycles. The van der Waals surface area contributed by atoms with Gasteiger partial charge in [-0.1, -0.05) is 11.6 Å². The Labute approximate surface area is 150 Å². The molecule has 0 aliphatic carbocycles. The first-order chi connectivity index (χ1) is 11.9. The molecule has 0 fully saturated rings. The molecule has 9 heteroatoms. The van der Waals surface area contributed by atoms with Crippen LogP contribution in [0.1, 0.15) is 34.5 Å². The van der Waals surface area contributed by atoms with Gasteiger partial charge in [0, 0.05) is 12.7 Å². The van der Waals surface area contributed by atoms with Crippen molar-refractivity contribution in [1.82, 2.24) is 29.3 Å². The first kappa shape index (κ1) is 17.2. The fourth-order valence-electron chi connectivity index (χ4n) is 2.59. The van der Waals surface area contributed by atoms with Crippen molar-refractivity contribution >= 4 is 23.2 Å². The molecule has 0 bridgehead atoms. The minimum atomic E-state index is -0.274. The Morgan fingerprint density at radius 3 is 2.56 bits per heavy atom. The van der Waals surface area contributed by atoms with Crippen molar-refractivity contribution in [2.45, 2.75) is 40.9 Å². The number of aryl methyl sites for hydroxylation is 2. The Morgan fingerprint density at radius 1 is 1.20 bits per heavy atom. The third-order valence-electron chi connectivity index (χ3n) is 4.10. The van der Waals surface area contributed by atoms with Gasteiger partial charge < -0.3 is 5.32 Å². The second kappa shape index (κ2) is 6.72. The van der Waals surface area contributed by atoms with Crippen molar-refractivity contribution in [3.63, 3.8) is 0 Å². The third kappa shape index (κ3) is 3.30. The van der Waals surface area contributed by atoms with Crippen LogP contribution in [0.3, 0.4) is 0 Å². The lowest BCUT2D eigenvalue weighted by Crippen LogP contribution is -2.16. The van der Waals surface area contributed by atoms with E-state index in [9.17, 15) is 4.79 Å². The zero-order valence-electron chi connectivity index (χ0n) is 14.6. The number of hydrogen-bond acceptors (Lipinski definition) is 4. The van der Waals surface area contributed by atoms with E-state index in [0.717, 1.165) is 23.6 Å². The van der Waals surface area contributed by atoms with Gasteiger partial charge in [0.2, 0.25) is 0 Å². The number of nitrogens with one attached hydrogen (secondary N) is 1. The predicted octanol–water partition coefficient (Wildman–Crippen LogP) is 2.63. The number of carbonyl (C=O) groups is 1. The molecular formula is C16H20ClN7O. The average molecular weight is 362 g/mol. The van der Waals surface area contributed by atoms with Crippen LogP contribution in [0.5, 0.6) is 0 Å². The van der Waals surface area contributed by atoms with Gasteiger partial charge in [-0.15, -0.1) is 0 Å². The lowest BCUT2D eigenvalue weighted by atomic mass is 10.3. The molecule has 8 nitrogen and oxygen atoms in total. The highest BCUT2D eigenvalue weighted by Gasteiger charge is 2.14. The molecule has 0 spiro atoms. The quantitative estimate of drug-likeness (QED) is 0.757. The van der Waals surface area contributed by atoms with Gasteiger partial charge >= 0.3 is 0 Å². The van der Waals surface area contributed by atoms with E-state index in [-0.39, 0.29) is 5.91 Å². The maximum absolute atomic E-state index is 12.4. The molecule has 25 heavy (non-hydrogen) atoms. The van der Waals surface area contributed by atoms with E-state index in [0.29, 0.717) is 23.1 Å². The normalized spacial score (nSPS) is 11.1. The molecule has 1 amide bonds. The summed E-state index contributed by atoms with van der Waals surface area (Å²) >= 11 is 6.15. The molecule has 0 atom stereocenters. The molecule has 0 saturated heterocycles. The van der Waals surface area contributed by atoms with Gasteiger partial charge in [-0.05, 0) is 33.8 Å². The van der Waals surface area contributed by atoms with E-state index in [4.69, 9.17) is 11.6 Å². The first-order valence-corrected chi connectivity index (χ1v) is 8.35. The van der Waals surface area contributed by atoms with Crippen molar-refractivity contribution in [2.24, 2.45) is 0 Å². The third-order valence-corrected chi connectivity index (χ3v) is 4.64. The van der Waals surface area contributed by atoms with E-state index in [2.05, 4.69) is 20.6 Å². The van der Waals surface area contributed by atoms with Gasteiger partial charge in [-0.3, -0.25) is 14.2 Å². The second-order valence-electron chi connectivity index (χ2n) is 5.78. The van der Waals surface area contributed by atoms with Gasteiger partial charge in [0.05, 0.1) is 34.0 Å². The molecule has 3 aromatic rings. The highest BCUT2D eigenvalue weighted by molar-refractivity contribution is 6.31. The number of rotatable bonds is 5. The summed E-state index contributed by atoms with van der Waals surface area (Å²) in [5, 5.41) is 16.4. The monoisotopic (exact) mass is 361 g/mol. The maximum Gasteiger partial charge on any atom is 0.276 e. The minimum absolute atomic E-state index is 0.274. The van der Waals surface area contributed by atoms with Crippen molar-refractivity contribution < 1.29 is 4.79 Å². The minimum Gasteiger partial charge on any atom is -0.318 e. The molecule has 0 unspecified atom stereocenters. The number of aromatic nitrogens is 6. The maximum atomic E-state index is 12.4. The Bertz CT molecular complexity index is 921. The summed E-state index contributed by atoms with van der Waals surface area (Å²) in [6, 6.07) is 1.67. The van der Waals surface area contributed by atoms with Gasteiger partial charge in [-0.25, -0.2) is 4.68 Å². The first-order valence-electron chi connectivity index (χ1n) is 7.97. The molecule has 0 radical (unpaired) electrons. The number of nitrogens with zero attached hydrogens (tertiary/aromatic N) is 6. The number of halogens is 1. The second-order valence-corrected chi connectivity index (χ2v) is 6.16. The number of carbonyl (C=O) groups excluding carboxylic acids is 1. The summed E-state index contributed by atoms with van der Waals surface area (Å²) < 4.78 is 5.22. The summed E-state index contributed by atoms with van der Waals surface area (Å²) in [5.41, 5.74) is 3.56. The Hall–Kier alpha value is -2.61. The van der Waals surface area contributed by atoms with Crippen LogP contribution in [0.25, 0.3) is 0 Å². The SMILES string of the molecule is CCn1ncc(NC(=O)c2ccn(Cn3nc(C)c(Cl)c3C)n2)c1C. The highest BCUT2D eigenvalue weighted by atomic mass is 35.5. The molecule has 0 aliphatic rings. The van der Waals surface area contributed by atoms with Gasteiger partial charge in [0.15, 0.2) is 5.69 Å². The summed E-state index contributed by atoms with van der Waals surface area (Å²) in [5.74, 6) is -0.274. The van der Waals surface area contributed by atoms with Crippen LogP contribution in [0.2, 0.25) is 5.02 Å². The zero-order valence-corrected chi connectivity index (χ0v) is 15.4. The average Bonchev–Trinajstić information content (AvgIpc) is 3.25. The van der Waals surface area contributed by atoms with Crippen LogP contribution >= 0.6 is 11.6 Å². The van der Waals surface area contributed by atoms with Crippen LogP contribution in [0.15, 0.2) is 18.5 Å². The summed E-state index contributed by atoms with van der Waals surface area (Å²) in [4.78, 5) is 12.4. The summed E-state index contributed by atoms with van der Waals surface area (Å²) in [6.45, 7) is 8.80. The van der Waals surface area contributed by atoms with Crippen molar-refractivity contribution in [2.75, 3.05) is 5.32 Å². The molecular weight excluding hydrogens is 342 g/mol. The van der Waals surface area contributed by atoms with Gasteiger partial charge in [0.25, 0.3) is 5.91 Å². The van der Waals surface area contributed by atoms with E-state index in [1.807, 2.05) is 32.4 Å². The lowest BCUT2D eigenvalue weighted by molar-refractivity contribution is 0.102. The Morgan fingerprint density at radius 2 is 1.96 bits per heavy atom. The topological polar surface area (TPSA) is 82.6 Å². The molecule has 3 rings (SSSR count). The van der Waals surface area contributed by atoms with Crippen molar-refractivity contribution in [3.05, 3.63) is 46.3 Å². The van der Waals surface area contributed by atoms with E-state index < -0.39 is 0 Å². The van der Waals surface area contributed by atoms with Crippen LogP contribution < -0.4 is 5.32 Å². The van der Waals surface area contributed by atoms with Crippen LogP contribution in [0.4, 0.5) is 5.69 Å². The highest BCUT2D eigenvalue weighted by Crippen LogP contribution is 2.19. The number of anilines is 1. The molecule has 0 aromatic carbocycles. The van der Waals surface area contributed by atoms with Crippen LogP contribution in [-0.2, 0) is 13.2 Å². The molecule has 3 heterocycles. The zero-order chi connectivity index (χ0) is 18.1. The van der Waals surface area contributed by atoms with Gasteiger partial charge in [-0.2, -0.15) is 15.3 Å². The molecule has 3 aromatic heterocycles. The van der Waals surface area contributed by atoms with Crippen molar-refractivity contribution in [3.8, 4) is 0 Å². The fraction of sp³-hybridized carbons (Fsp3) is 0.375. The Balaban J connectivity index is 1.73. The molecule has 1 N–H and O–H groups in total. The largest absolute Gasteiger partial charge is 0.318 e. The molecule has 0 saturated carbocycles. The van der Waals surface area contributed by atoms with E-state index >= 15 is 0 Å². The summed E-state index contributed by atoms with van der Waals surface area (Å²) in [6.07, 6.45) is 3.38. The smallest absolute Gasteiger partial charge is 0.276 e. The van der Waals surface area contributed by atoms with E-state index in [1.54, 1.807) is 27.8 Å². The molecule has 132 valence electrons. The van der Waals surface area contributed by atoms with Crippen molar-refractivity contribution in [1.29, 1.82) is 0 Å².